The molecule has 2 aromatic rings. The molecule has 98 valence electrons. The lowest BCUT2D eigenvalue weighted by atomic mass is 10.3. The van der Waals surface area contributed by atoms with Gasteiger partial charge in [0.05, 0.1) is 5.69 Å². The number of rotatable bonds is 3. The maximum absolute atomic E-state index is 5.30. The second kappa shape index (κ2) is 6.54. The highest BCUT2D eigenvalue weighted by atomic mass is 32.2. The zero-order valence-electron chi connectivity index (χ0n) is 10.8. The molecule has 2 rings (SSSR count). The Hall–Kier alpha value is -1.59. The first kappa shape index (κ1) is 13.8. The molecular formula is C14H15N3S2. The number of aryl methyl sites for hydroxylation is 1. The molecule has 0 aliphatic rings. The van der Waals surface area contributed by atoms with Crippen molar-refractivity contribution in [3.63, 3.8) is 0 Å². The highest BCUT2D eigenvalue weighted by molar-refractivity contribution is 7.98. The third-order valence-corrected chi connectivity index (χ3v) is 3.49. The van der Waals surface area contributed by atoms with Crippen molar-refractivity contribution in [2.45, 2.75) is 11.8 Å². The number of nitrogens with zero attached hydrogens (tertiary/aromatic N) is 1. The van der Waals surface area contributed by atoms with E-state index in [-0.39, 0.29) is 0 Å². The van der Waals surface area contributed by atoms with E-state index >= 15 is 0 Å². The summed E-state index contributed by atoms with van der Waals surface area (Å²) in [5.74, 6) is 0.749. The van der Waals surface area contributed by atoms with E-state index in [1.807, 2.05) is 49.6 Å². The van der Waals surface area contributed by atoms with Gasteiger partial charge in [-0.05, 0) is 49.7 Å². The average Bonchev–Trinajstić information content (AvgIpc) is 2.39. The summed E-state index contributed by atoms with van der Waals surface area (Å²) in [7, 11) is 0. The molecule has 0 atom stereocenters. The molecule has 0 saturated carbocycles. The van der Waals surface area contributed by atoms with Crippen molar-refractivity contribution in [1.29, 1.82) is 0 Å². The first-order valence-electron chi connectivity index (χ1n) is 5.84. The average molecular weight is 289 g/mol. The summed E-state index contributed by atoms with van der Waals surface area (Å²) in [5.41, 5.74) is 1.96. The summed E-state index contributed by atoms with van der Waals surface area (Å²) in [6, 6.07) is 13.8. The molecule has 1 aromatic heterocycles. The minimum Gasteiger partial charge on any atom is -0.331 e. The molecule has 1 heterocycles. The van der Waals surface area contributed by atoms with E-state index in [0.717, 1.165) is 22.1 Å². The minimum atomic E-state index is 0.541. The number of aromatic nitrogens is 1. The molecule has 0 saturated heterocycles. The molecule has 0 radical (unpaired) electrons. The summed E-state index contributed by atoms with van der Waals surface area (Å²) in [6.07, 6.45) is 2.04. The Bertz CT molecular complexity index is 584. The van der Waals surface area contributed by atoms with Crippen LogP contribution in [0.15, 0.2) is 47.4 Å². The Morgan fingerprint density at radius 3 is 2.63 bits per heavy atom. The first-order chi connectivity index (χ1) is 9.19. The van der Waals surface area contributed by atoms with Gasteiger partial charge in [-0.2, -0.15) is 0 Å². The maximum Gasteiger partial charge on any atom is 0.176 e. The van der Waals surface area contributed by atoms with Gasteiger partial charge in [0.1, 0.15) is 5.82 Å². The summed E-state index contributed by atoms with van der Waals surface area (Å²) in [4.78, 5) is 5.51. The predicted octanol–water partition coefficient (Wildman–Crippen LogP) is 3.92. The van der Waals surface area contributed by atoms with E-state index in [1.54, 1.807) is 11.8 Å². The largest absolute Gasteiger partial charge is 0.331 e. The van der Waals surface area contributed by atoms with E-state index in [4.69, 9.17) is 12.2 Å². The lowest BCUT2D eigenvalue weighted by Crippen LogP contribution is -2.20. The van der Waals surface area contributed by atoms with Crippen LogP contribution in [0, 0.1) is 6.92 Å². The Kier molecular flexibility index (Phi) is 4.76. The fraction of sp³-hybridized carbons (Fsp3) is 0.143. The smallest absolute Gasteiger partial charge is 0.176 e. The number of nitrogens with one attached hydrogen (secondary N) is 2. The highest BCUT2D eigenvalue weighted by Crippen LogP contribution is 2.24. The summed E-state index contributed by atoms with van der Waals surface area (Å²) < 4.78 is 0. The molecule has 0 spiro atoms. The summed E-state index contributed by atoms with van der Waals surface area (Å²) in [6.45, 7) is 1.95. The van der Waals surface area contributed by atoms with Crippen molar-refractivity contribution in [2.24, 2.45) is 0 Å². The number of pyridine rings is 1. The van der Waals surface area contributed by atoms with Gasteiger partial charge >= 0.3 is 0 Å². The predicted molar refractivity (Wildman–Crippen MR) is 87.0 cm³/mol. The number of benzene rings is 1. The number of hydrogen-bond donors (Lipinski definition) is 2. The normalized spacial score (nSPS) is 10.0. The van der Waals surface area contributed by atoms with Crippen molar-refractivity contribution in [3.8, 4) is 0 Å². The number of para-hydroxylation sites is 1. The van der Waals surface area contributed by atoms with Crippen LogP contribution in [0.5, 0.6) is 0 Å². The van der Waals surface area contributed by atoms with Crippen LogP contribution in [0.1, 0.15) is 5.69 Å². The highest BCUT2D eigenvalue weighted by Gasteiger charge is 2.03. The molecule has 0 unspecified atom stereocenters. The van der Waals surface area contributed by atoms with Gasteiger partial charge in [-0.25, -0.2) is 4.98 Å². The molecule has 5 heteroatoms. The number of anilines is 2. The van der Waals surface area contributed by atoms with Gasteiger partial charge in [-0.1, -0.05) is 18.2 Å². The molecule has 3 nitrogen and oxygen atoms in total. The van der Waals surface area contributed by atoms with Crippen LogP contribution < -0.4 is 10.6 Å². The van der Waals surface area contributed by atoms with Crippen molar-refractivity contribution in [3.05, 3.63) is 48.2 Å². The number of hydrogen-bond acceptors (Lipinski definition) is 3. The van der Waals surface area contributed by atoms with Crippen LogP contribution in [0.3, 0.4) is 0 Å². The molecular weight excluding hydrogens is 274 g/mol. The SMILES string of the molecule is CSc1ccccc1NC(=S)Nc1cccc(C)n1. The van der Waals surface area contributed by atoms with E-state index in [1.165, 1.54) is 0 Å². The van der Waals surface area contributed by atoms with E-state index in [2.05, 4.69) is 21.7 Å². The molecule has 0 aliphatic heterocycles. The van der Waals surface area contributed by atoms with Crippen molar-refractivity contribution in [1.82, 2.24) is 4.98 Å². The third-order valence-electron chi connectivity index (χ3n) is 2.49. The Balaban J connectivity index is 2.05. The number of thiocarbonyl (C=S) groups is 1. The van der Waals surface area contributed by atoms with Gasteiger partial charge in [0.15, 0.2) is 5.11 Å². The van der Waals surface area contributed by atoms with Crippen molar-refractivity contribution >= 4 is 40.6 Å². The monoisotopic (exact) mass is 289 g/mol. The van der Waals surface area contributed by atoms with Gasteiger partial charge in [0, 0.05) is 10.6 Å². The zero-order valence-corrected chi connectivity index (χ0v) is 12.4. The minimum absolute atomic E-state index is 0.541. The topological polar surface area (TPSA) is 37.0 Å². The second-order valence-corrected chi connectivity index (χ2v) is 5.20. The van der Waals surface area contributed by atoms with Gasteiger partial charge in [0.25, 0.3) is 0 Å². The van der Waals surface area contributed by atoms with Gasteiger partial charge in [-0.15, -0.1) is 11.8 Å². The van der Waals surface area contributed by atoms with Crippen LogP contribution in [0.2, 0.25) is 0 Å². The van der Waals surface area contributed by atoms with E-state index < -0.39 is 0 Å². The fourth-order valence-corrected chi connectivity index (χ4v) is 2.40. The number of thioether (sulfide) groups is 1. The molecule has 0 fully saturated rings. The third kappa shape index (κ3) is 3.94. The lowest BCUT2D eigenvalue weighted by Gasteiger charge is -2.12. The molecule has 0 amide bonds. The van der Waals surface area contributed by atoms with Gasteiger partial charge in [-0.3, -0.25) is 0 Å². The van der Waals surface area contributed by atoms with Crippen LogP contribution in [-0.2, 0) is 0 Å². The van der Waals surface area contributed by atoms with E-state index in [9.17, 15) is 0 Å². The van der Waals surface area contributed by atoms with Crippen LogP contribution in [0.25, 0.3) is 0 Å². The Labute approximate surface area is 122 Å². The van der Waals surface area contributed by atoms with Gasteiger partial charge < -0.3 is 10.6 Å². The van der Waals surface area contributed by atoms with Crippen LogP contribution >= 0.6 is 24.0 Å². The van der Waals surface area contributed by atoms with E-state index in [0.29, 0.717) is 5.11 Å². The standard InChI is InChI=1S/C14H15N3S2/c1-10-6-5-9-13(15-10)17-14(18)16-11-7-3-4-8-12(11)19-2/h3-9H,1-2H3,(H2,15,16,17,18). The first-order valence-corrected chi connectivity index (χ1v) is 7.47. The maximum atomic E-state index is 5.30. The van der Waals surface area contributed by atoms with Crippen LogP contribution in [-0.4, -0.2) is 16.4 Å². The van der Waals surface area contributed by atoms with Crippen molar-refractivity contribution < 1.29 is 0 Å². The summed E-state index contributed by atoms with van der Waals surface area (Å²) in [5, 5.41) is 6.81. The Morgan fingerprint density at radius 2 is 1.89 bits per heavy atom. The fourth-order valence-electron chi connectivity index (χ4n) is 1.63. The Morgan fingerprint density at radius 1 is 1.11 bits per heavy atom. The second-order valence-electron chi connectivity index (χ2n) is 3.94. The quantitative estimate of drug-likeness (QED) is 0.661. The molecule has 0 bridgehead atoms. The van der Waals surface area contributed by atoms with Crippen LogP contribution in [0.4, 0.5) is 11.5 Å². The van der Waals surface area contributed by atoms with Gasteiger partial charge in [0.2, 0.25) is 0 Å². The molecule has 1 aromatic carbocycles. The zero-order chi connectivity index (χ0) is 13.7. The van der Waals surface area contributed by atoms with Crippen molar-refractivity contribution in [2.75, 3.05) is 16.9 Å². The molecule has 0 aliphatic carbocycles. The molecule has 19 heavy (non-hydrogen) atoms. The lowest BCUT2D eigenvalue weighted by molar-refractivity contribution is 1.20. The summed E-state index contributed by atoms with van der Waals surface area (Å²) >= 11 is 6.98. The molecule has 2 N–H and O–H groups in total.